The highest BCUT2D eigenvalue weighted by Gasteiger charge is 2.24. The van der Waals surface area contributed by atoms with Crippen molar-refractivity contribution in [3.8, 4) is 0 Å². The molecule has 0 spiro atoms. The van der Waals surface area contributed by atoms with Crippen molar-refractivity contribution in [2.75, 3.05) is 23.3 Å². The van der Waals surface area contributed by atoms with Crippen LogP contribution in [0, 0.1) is 6.92 Å². The van der Waals surface area contributed by atoms with Crippen LogP contribution in [-0.4, -0.2) is 35.1 Å². The van der Waals surface area contributed by atoms with E-state index in [1.807, 2.05) is 43.3 Å². The van der Waals surface area contributed by atoms with Crippen molar-refractivity contribution in [2.45, 2.75) is 32.2 Å². The lowest BCUT2D eigenvalue weighted by molar-refractivity contribution is 0.250. The number of rotatable bonds is 4. The van der Waals surface area contributed by atoms with Crippen molar-refractivity contribution in [3.63, 3.8) is 0 Å². The van der Waals surface area contributed by atoms with E-state index < -0.39 is 0 Å². The van der Waals surface area contributed by atoms with E-state index in [2.05, 4.69) is 25.5 Å². The summed E-state index contributed by atoms with van der Waals surface area (Å²) in [5, 5.41) is 5.83. The Hall–Kier alpha value is -2.63. The number of carbonyl (C=O) groups excluding carboxylic acids is 1. The summed E-state index contributed by atoms with van der Waals surface area (Å²) in [6.45, 7) is 3.53. The minimum absolute atomic E-state index is 0.175. The van der Waals surface area contributed by atoms with Crippen LogP contribution in [0.15, 0.2) is 42.7 Å². The van der Waals surface area contributed by atoms with Crippen LogP contribution in [-0.2, 0) is 0 Å². The van der Waals surface area contributed by atoms with E-state index >= 15 is 0 Å². The third kappa shape index (κ3) is 4.22. The van der Waals surface area contributed by atoms with Gasteiger partial charge in [0.15, 0.2) is 0 Å². The van der Waals surface area contributed by atoms with Gasteiger partial charge in [-0.25, -0.2) is 14.8 Å². The Morgan fingerprint density at radius 1 is 1.25 bits per heavy atom. The molecule has 1 saturated heterocycles. The third-order valence-corrected chi connectivity index (χ3v) is 4.24. The summed E-state index contributed by atoms with van der Waals surface area (Å²) < 4.78 is 0. The molecule has 0 radical (unpaired) electrons. The van der Waals surface area contributed by atoms with Crippen molar-refractivity contribution in [1.82, 2.24) is 15.3 Å². The van der Waals surface area contributed by atoms with E-state index in [0.29, 0.717) is 6.54 Å². The molecule has 1 atom stereocenters. The van der Waals surface area contributed by atoms with Gasteiger partial charge in [0.25, 0.3) is 0 Å². The summed E-state index contributed by atoms with van der Waals surface area (Å²) in [4.78, 5) is 22.9. The van der Waals surface area contributed by atoms with Crippen molar-refractivity contribution in [1.29, 1.82) is 0 Å². The summed E-state index contributed by atoms with van der Waals surface area (Å²) in [7, 11) is 0. The minimum atomic E-state index is -0.175. The first kappa shape index (κ1) is 16.2. The average molecular weight is 325 g/mol. The predicted molar refractivity (Wildman–Crippen MR) is 95.2 cm³/mol. The number of nitrogens with one attached hydrogen (secondary N) is 2. The molecule has 3 rings (SSSR count). The molecule has 2 aromatic rings. The maximum absolute atomic E-state index is 12.1. The smallest absolute Gasteiger partial charge is 0.319 e. The van der Waals surface area contributed by atoms with Crippen LogP contribution in [0.2, 0.25) is 0 Å². The van der Waals surface area contributed by atoms with Crippen molar-refractivity contribution in [3.05, 3.63) is 48.4 Å². The lowest BCUT2D eigenvalue weighted by Gasteiger charge is -2.36. The van der Waals surface area contributed by atoms with Gasteiger partial charge in [-0.05, 0) is 38.3 Å². The van der Waals surface area contributed by atoms with Gasteiger partial charge in [-0.15, -0.1) is 0 Å². The highest BCUT2D eigenvalue weighted by atomic mass is 16.2. The molecule has 126 valence electrons. The van der Waals surface area contributed by atoms with Crippen LogP contribution in [0.1, 0.15) is 25.0 Å². The lowest BCUT2D eigenvalue weighted by Crippen LogP contribution is -2.48. The Morgan fingerprint density at radius 2 is 2.08 bits per heavy atom. The zero-order valence-corrected chi connectivity index (χ0v) is 13.9. The maximum atomic E-state index is 12.1. The second kappa shape index (κ2) is 7.77. The molecule has 6 nitrogen and oxygen atoms in total. The minimum Gasteiger partial charge on any atom is -0.352 e. The van der Waals surface area contributed by atoms with E-state index in [9.17, 15) is 4.79 Å². The number of aromatic nitrogens is 2. The number of piperidine rings is 1. The first-order chi connectivity index (χ1) is 11.7. The van der Waals surface area contributed by atoms with Gasteiger partial charge in [-0.3, -0.25) is 0 Å². The fourth-order valence-corrected chi connectivity index (χ4v) is 3.02. The van der Waals surface area contributed by atoms with Gasteiger partial charge in [-0.2, -0.15) is 0 Å². The number of nitrogens with zero attached hydrogens (tertiary/aromatic N) is 3. The lowest BCUT2D eigenvalue weighted by atomic mass is 10.0. The fourth-order valence-electron chi connectivity index (χ4n) is 3.02. The fraction of sp³-hybridized carbons (Fsp3) is 0.389. The number of aryl methyl sites for hydroxylation is 1. The molecule has 1 aromatic heterocycles. The highest BCUT2D eigenvalue weighted by Crippen LogP contribution is 2.22. The normalized spacial score (nSPS) is 17.4. The first-order valence-electron chi connectivity index (χ1n) is 8.37. The van der Waals surface area contributed by atoms with Gasteiger partial charge >= 0.3 is 6.03 Å². The van der Waals surface area contributed by atoms with Crippen molar-refractivity contribution >= 4 is 17.5 Å². The SMILES string of the molecule is Cc1cc(N2CCCC[C@H]2CNC(=O)Nc2ccccc2)ncn1. The average Bonchev–Trinajstić information content (AvgIpc) is 2.61. The van der Waals surface area contributed by atoms with Crippen LogP contribution in [0.3, 0.4) is 0 Å². The molecule has 0 aliphatic carbocycles. The largest absolute Gasteiger partial charge is 0.352 e. The topological polar surface area (TPSA) is 70.2 Å². The van der Waals surface area contributed by atoms with E-state index in [0.717, 1.165) is 36.6 Å². The molecule has 6 heteroatoms. The van der Waals surface area contributed by atoms with Crippen molar-refractivity contribution < 1.29 is 4.79 Å². The van der Waals surface area contributed by atoms with Gasteiger partial charge < -0.3 is 15.5 Å². The van der Waals surface area contributed by atoms with Gasteiger partial charge in [0.1, 0.15) is 12.1 Å². The van der Waals surface area contributed by atoms with Gasteiger partial charge in [0.2, 0.25) is 0 Å². The van der Waals surface area contributed by atoms with E-state index in [1.165, 1.54) is 6.42 Å². The number of hydrogen-bond acceptors (Lipinski definition) is 4. The Bertz CT molecular complexity index is 676. The molecule has 24 heavy (non-hydrogen) atoms. The van der Waals surface area contributed by atoms with Gasteiger partial charge in [-0.1, -0.05) is 18.2 Å². The summed E-state index contributed by atoms with van der Waals surface area (Å²) in [6, 6.07) is 11.5. The summed E-state index contributed by atoms with van der Waals surface area (Å²) in [5.41, 5.74) is 1.75. The van der Waals surface area contributed by atoms with Crippen LogP contribution in [0.4, 0.5) is 16.3 Å². The summed E-state index contributed by atoms with van der Waals surface area (Å²) in [5.74, 6) is 0.942. The standard InChI is InChI=1S/C18H23N5O/c1-14-11-17(21-13-20-14)23-10-6-5-9-16(23)12-19-18(24)22-15-7-3-2-4-8-15/h2-4,7-8,11,13,16H,5-6,9-10,12H2,1H3,(H2,19,22,24)/t16-/m0/s1. The predicted octanol–water partition coefficient (Wildman–Crippen LogP) is 2.97. The Labute approximate surface area is 142 Å². The zero-order valence-electron chi connectivity index (χ0n) is 13.9. The quantitative estimate of drug-likeness (QED) is 0.907. The van der Waals surface area contributed by atoms with E-state index in [1.54, 1.807) is 6.33 Å². The molecule has 2 amide bonds. The number of para-hydroxylation sites is 1. The van der Waals surface area contributed by atoms with E-state index in [4.69, 9.17) is 0 Å². The highest BCUT2D eigenvalue weighted by molar-refractivity contribution is 5.89. The molecule has 2 heterocycles. The van der Waals surface area contributed by atoms with Crippen LogP contribution < -0.4 is 15.5 Å². The van der Waals surface area contributed by atoms with Crippen molar-refractivity contribution in [2.24, 2.45) is 0 Å². The van der Waals surface area contributed by atoms with Gasteiger partial charge in [0, 0.05) is 36.6 Å². The number of hydrogen-bond donors (Lipinski definition) is 2. The first-order valence-corrected chi connectivity index (χ1v) is 8.37. The molecule has 0 saturated carbocycles. The monoisotopic (exact) mass is 325 g/mol. The second-order valence-corrected chi connectivity index (χ2v) is 6.06. The summed E-state index contributed by atoms with van der Waals surface area (Å²) in [6.07, 6.45) is 4.98. The number of anilines is 2. The Kier molecular flexibility index (Phi) is 5.25. The molecule has 1 aliphatic rings. The number of carbonyl (C=O) groups is 1. The van der Waals surface area contributed by atoms with Crippen LogP contribution in [0.5, 0.6) is 0 Å². The molecule has 1 fully saturated rings. The zero-order chi connectivity index (χ0) is 16.8. The molecule has 1 aliphatic heterocycles. The van der Waals surface area contributed by atoms with Crippen LogP contribution in [0.25, 0.3) is 0 Å². The number of urea groups is 1. The summed E-state index contributed by atoms with van der Waals surface area (Å²) >= 11 is 0. The number of amides is 2. The second-order valence-electron chi connectivity index (χ2n) is 6.06. The third-order valence-electron chi connectivity index (χ3n) is 4.24. The molecule has 1 aromatic carbocycles. The van der Waals surface area contributed by atoms with Gasteiger partial charge in [0.05, 0.1) is 0 Å². The molecular formula is C18H23N5O. The molecule has 2 N–H and O–H groups in total. The Balaban J connectivity index is 1.59. The molecule has 0 unspecified atom stereocenters. The molecule has 0 bridgehead atoms. The number of benzene rings is 1. The molecular weight excluding hydrogens is 302 g/mol. The Morgan fingerprint density at radius 3 is 2.88 bits per heavy atom. The van der Waals surface area contributed by atoms with E-state index in [-0.39, 0.29) is 12.1 Å². The maximum Gasteiger partial charge on any atom is 0.319 e. The van der Waals surface area contributed by atoms with Crippen LogP contribution >= 0.6 is 0 Å².